The average molecular weight is 278 g/mol. The van der Waals surface area contributed by atoms with Crippen LogP contribution in [0.2, 0.25) is 0 Å². The van der Waals surface area contributed by atoms with Crippen LogP contribution in [0.4, 0.5) is 5.69 Å². The number of hydrogen-bond donors (Lipinski definition) is 3. The normalized spacial score (nSPS) is 13.6. The molecular weight excluding hydrogens is 256 g/mol. The molecule has 0 fully saturated rings. The summed E-state index contributed by atoms with van der Waals surface area (Å²) >= 11 is 0. The van der Waals surface area contributed by atoms with E-state index in [0.717, 1.165) is 16.8 Å². The van der Waals surface area contributed by atoms with E-state index in [9.17, 15) is 9.59 Å². The van der Waals surface area contributed by atoms with Gasteiger partial charge in [0.1, 0.15) is 5.54 Å². The van der Waals surface area contributed by atoms with Gasteiger partial charge in [-0.05, 0) is 38.8 Å². The van der Waals surface area contributed by atoms with Gasteiger partial charge in [0.15, 0.2) is 0 Å². The molecule has 1 unspecified atom stereocenters. The highest BCUT2D eigenvalue weighted by molar-refractivity contribution is 5.93. The van der Waals surface area contributed by atoms with Crippen LogP contribution in [-0.2, 0) is 9.59 Å². The first kappa shape index (κ1) is 16.2. The van der Waals surface area contributed by atoms with Crippen LogP contribution in [0.3, 0.4) is 0 Å². The van der Waals surface area contributed by atoms with Crippen molar-refractivity contribution in [2.75, 3.05) is 11.9 Å². The van der Waals surface area contributed by atoms with Crippen molar-refractivity contribution >= 4 is 17.6 Å². The summed E-state index contributed by atoms with van der Waals surface area (Å²) in [5.74, 6) is -1.21. The van der Waals surface area contributed by atoms with E-state index in [1.807, 2.05) is 32.0 Å². The van der Waals surface area contributed by atoms with Crippen molar-refractivity contribution in [2.45, 2.75) is 39.7 Å². The van der Waals surface area contributed by atoms with Gasteiger partial charge >= 0.3 is 5.97 Å². The number of aliphatic carboxylic acids is 1. The van der Waals surface area contributed by atoms with Gasteiger partial charge in [-0.2, -0.15) is 0 Å². The molecule has 0 saturated carbocycles. The molecule has 0 aliphatic carbocycles. The summed E-state index contributed by atoms with van der Waals surface area (Å²) < 4.78 is 0. The Labute approximate surface area is 119 Å². The number of benzene rings is 1. The predicted octanol–water partition coefficient (Wildman–Crippen LogP) is 2.08. The number of aryl methyl sites for hydroxylation is 2. The predicted molar refractivity (Wildman–Crippen MR) is 78.9 cm³/mol. The Bertz CT molecular complexity index is 514. The van der Waals surface area contributed by atoms with Gasteiger partial charge in [-0.15, -0.1) is 0 Å². The van der Waals surface area contributed by atoms with Gasteiger partial charge in [0, 0.05) is 5.69 Å². The lowest BCUT2D eigenvalue weighted by Gasteiger charge is -2.24. The second-order valence-corrected chi connectivity index (χ2v) is 5.21. The molecule has 0 saturated heterocycles. The van der Waals surface area contributed by atoms with Gasteiger partial charge in [0.2, 0.25) is 5.91 Å². The summed E-state index contributed by atoms with van der Waals surface area (Å²) in [6, 6.07) is 5.75. The maximum atomic E-state index is 11.9. The number of carbonyl (C=O) groups excluding carboxylic acids is 1. The van der Waals surface area contributed by atoms with Gasteiger partial charge in [0.05, 0.1) is 6.54 Å². The summed E-state index contributed by atoms with van der Waals surface area (Å²) in [6.45, 7) is 7.20. The van der Waals surface area contributed by atoms with E-state index in [1.165, 1.54) is 0 Å². The van der Waals surface area contributed by atoms with Crippen LogP contribution in [0.5, 0.6) is 0 Å². The molecule has 1 rings (SSSR count). The molecule has 0 heterocycles. The van der Waals surface area contributed by atoms with Gasteiger partial charge in [0.25, 0.3) is 0 Å². The molecule has 1 aromatic rings. The Morgan fingerprint density at radius 3 is 2.45 bits per heavy atom. The highest BCUT2D eigenvalue weighted by Gasteiger charge is 2.30. The SMILES string of the molecule is CCC(C)(NCC(=O)Nc1ccc(C)cc1C)C(=O)O. The quantitative estimate of drug-likeness (QED) is 0.744. The first-order valence-electron chi connectivity index (χ1n) is 6.64. The number of rotatable bonds is 6. The lowest BCUT2D eigenvalue weighted by Crippen LogP contribution is -2.51. The Morgan fingerprint density at radius 2 is 1.95 bits per heavy atom. The summed E-state index contributed by atoms with van der Waals surface area (Å²) in [5.41, 5.74) is 1.77. The highest BCUT2D eigenvalue weighted by atomic mass is 16.4. The molecule has 0 aliphatic rings. The van der Waals surface area contributed by atoms with Crippen LogP contribution in [0, 0.1) is 13.8 Å². The van der Waals surface area contributed by atoms with Crippen LogP contribution in [0.1, 0.15) is 31.4 Å². The van der Waals surface area contributed by atoms with E-state index in [2.05, 4.69) is 10.6 Å². The van der Waals surface area contributed by atoms with Crippen molar-refractivity contribution in [3.63, 3.8) is 0 Å². The number of hydrogen-bond acceptors (Lipinski definition) is 3. The van der Waals surface area contributed by atoms with Crippen LogP contribution < -0.4 is 10.6 Å². The summed E-state index contributed by atoms with van der Waals surface area (Å²) in [5, 5.41) is 14.7. The fourth-order valence-corrected chi connectivity index (χ4v) is 1.78. The van der Waals surface area contributed by atoms with Crippen molar-refractivity contribution in [3.05, 3.63) is 29.3 Å². The van der Waals surface area contributed by atoms with E-state index in [-0.39, 0.29) is 12.5 Å². The molecule has 0 spiro atoms. The van der Waals surface area contributed by atoms with Crippen molar-refractivity contribution in [3.8, 4) is 0 Å². The molecule has 1 amide bonds. The molecule has 0 radical (unpaired) electrons. The molecule has 1 aromatic carbocycles. The summed E-state index contributed by atoms with van der Waals surface area (Å²) in [4.78, 5) is 23.0. The largest absolute Gasteiger partial charge is 0.480 e. The van der Waals surface area contributed by atoms with E-state index in [0.29, 0.717) is 6.42 Å². The summed E-state index contributed by atoms with van der Waals surface area (Å²) in [6.07, 6.45) is 0.402. The molecule has 3 N–H and O–H groups in total. The smallest absolute Gasteiger partial charge is 0.323 e. The van der Waals surface area contributed by atoms with Gasteiger partial charge in [-0.1, -0.05) is 24.6 Å². The zero-order valence-electron chi connectivity index (χ0n) is 12.4. The minimum atomic E-state index is -1.08. The Morgan fingerprint density at radius 1 is 1.30 bits per heavy atom. The molecule has 1 atom stereocenters. The number of amides is 1. The fraction of sp³-hybridized carbons (Fsp3) is 0.467. The Balaban J connectivity index is 2.62. The van der Waals surface area contributed by atoms with E-state index in [1.54, 1.807) is 13.8 Å². The van der Waals surface area contributed by atoms with Gasteiger partial charge < -0.3 is 10.4 Å². The summed E-state index contributed by atoms with van der Waals surface area (Å²) in [7, 11) is 0. The second-order valence-electron chi connectivity index (χ2n) is 5.21. The molecule has 0 aliphatic heterocycles. The minimum Gasteiger partial charge on any atom is -0.480 e. The molecule has 5 nitrogen and oxygen atoms in total. The maximum absolute atomic E-state index is 11.9. The molecule has 110 valence electrons. The maximum Gasteiger partial charge on any atom is 0.323 e. The van der Waals surface area contributed by atoms with Crippen molar-refractivity contribution in [1.82, 2.24) is 5.32 Å². The molecule has 5 heteroatoms. The van der Waals surface area contributed by atoms with Crippen LogP contribution >= 0.6 is 0 Å². The van der Waals surface area contributed by atoms with Gasteiger partial charge in [-0.3, -0.25) is 14.9 Å². The van der Waals surface area contributed by atoms with E-state index >= 15 is 0 Å². The second kappa shape index (κ2) is 6.52. The number of carbonyl (C=O) groups is 2. The Kier molecular flexibility index (Phi) is 5.27. The van der Waals surface area contributed by atoms with Crippen LogP contribution in [0.25, 0.3) is 0 Å². The lowest BCUT2D eigenvalue weighted by atomic mass is 9.99. The first-order valence-corrected chi connectivity index (χ1v) is 6.64. The highest BCUT2D eigenvalue weighted by Crippen LogP contribution is 2.16. The van der Waals surface area contributed by atoms with Gasteiger partial charge in [-0.25, -0.2) is 0 Å². The van der Waals surface area contributed by atoms with E-state index < -0.39 is 11.5 Å². The number of anilines is 1. The molecule has 20 heavy (non-hydrogen) atoms. The van der Waals surface area contributed by atoms with Crippen molar-refractivity contribution in [1.29, 1.82) is 0 Å². The third kappa shape index (κ3) is 4.06. The third-order valence-electron chi connectivity index (χ3n) is 3.47. The van der Waals surface area contributed by atoms with Crippen LogP contribution in [0.15, 0.2) is 18.2 Å². The lowest BCUT2D eigenvalue weighted by molar-refractivity contribution is -0.144. The average Bonchev–Trinajstić information content (AvgIpc) is 2.39. The molecular formula is C15H22N2O3. The Hall–Kier alpha value is -1.88. The topological polar surface area (TPSA) is 78.4 Å². The number of carboxylic acids is 1. The zero-order valence-corrected chi connectivity index (χ0v) is 12.4. The third-order valence-corrected chi connectivity index (χ3v) is 3.47. The number of carboxylic acid groups (broad SMARTS) is 1. The van der Waals surface area contributed by atoms with Crippen LogP contribution in [-0.4, -0.2) is 29.1 Å². The minimum absolute atomic E-state index is 0.0377. The fourth-order valence-electron chi connectivity index (χ4n) is 1.78. The zero-order chi connectivity index (χ0) is 15.3. The first-order chi connectivity index (χ1) is 9.28. The molecule has 0 bridgehead atoms. The van der Waals surface area contributed by atoms with Crippen molar-refractivity contribution < 1.29 is 14.7 Å². The standard InChI is InChI=1S/C15H22N2O3/c1-5-15(4,14(19)20)16-9-13(18)17-12-7-6-10(2)8-11(12)3/h6-8,16H,5,9H2,1-4H3,(H,17,18)(H,19,20). The monoisotopic (exact) mass is 278 g/mol. The van der Waals surface area contributed by atoms with Crippen molar-refractivity contribution in [2.24, 2.45) is 0 Å². The number of nitrogens with one attached hydrogen (secondary N) is 2. The van der Waals surface area contributed by atoms with E-state index in [4.69, 9.17) is 5.11 Å². The molecule has 0 aromatic heterocycles.